The number of hydrogen-bond donors (Lipinski definition) is 1. The number of rotatable bonds is 3. The molecule has 1 saturated heterocycles. The monoisotopic (exact) mass is 287 g/mol. The number of aromatic nitrogens is 4. The van der Waals surface area contributed by atoms with Gasteiger partial charge < -0.3 is 10.1 Å². The molecule has 0 aromatic carbocycles. The van der Waals surface area contributed by atoms with E-state index in [1.165, 1.54) is 6.07 Å². The highest BCUT2D eigenvalue weighted by Gasteiger charge is 2.37. The number of hydrogen-bond acceptors (Lipinski definition) is 5. The Morgan fingerprint density at radius 3 is 2.90 bits per heavy atom. The Hall–Kier alpha value is -1.90. The van der Waals surface area contributed by atoms with Crippen molar-refractivity contribution in [1.82, 2.24) is 19.8 Å². The first kappa shape index (κ1) is 13.1. The van der Waals surface area contributed by atoms with Gasteiger partial charge in [0.05, 0.1) is 6.10 Å². The van der Waals surface area contributed by atoms with E-state index >= 15 is 0 Å². The average Bonchev–Trinajstić information content (AvgIpc) is 3.04. The van der Waals surface area contributed by atoms with Gasteiger partial charge in [0.25, 0.3) is 5.82 Å². The van der Waals surface area contributed by atoms with Crippen LogP contribution in [0.25, 0.3) is 5.65 Å². The van der Waals surface area contributed by atoms with Crippen molar-refractivity contribution in [3.05, 3.63) is 18.0 Å². The predicted octanol–water partition coefficient (Wildman–Crippen LogP) is 1.73. The second-order valence-electron chi connectivity index (χ2n) is 4.53. The van der Waals surface area contributed by atoms with Crippen LogP contribution in [-0.2, 0) is 10.9 Å². The molecule has 1 aliphatic rings. The molecular formula is C11H12F3N5O. The normalized spacial score (nSPS) is 19.6. The summed E-state index contributed by atoms with van der Waals surface area (Å²) in [6.45, 7) is 1.24. The summed E-state index contributed by atoms with van der Waals surface area (Å²) < 4.78 is 44.2. The van der Waals surface area contributed by atoms with Crippen molar-refractivity contribution in [2.24, 2.45) is 0 Å². The summed E-state index contributed by atoms with van der Waals surface area (Å²) in [4.78, 5) is 0. The van der Waals surface area contributed by atoms with E-state index in [-0.39, 0.29) is 11.8 Å². The molecule has 9 heteroatoms. The average molecular weight is 287 g/mol. The van der Waals surface area contributed by atoms with Crippen LogP contribution in [0.1, 0.15) is 18.7 Å². The van der Waals surface area contributed by atoms with Gasteiger partial charge in [-0.15, -0.1) is 15.3 Å². The zero-order valence-electron chi connectivity index (χ0n) is 10.4. The van der Waals surface area contributed by atoms with Crippen molar-refractivity contribution in [3.8, 4) is 0 Å². The van der Waals surface area contributed by atoms with Crippen molar-refractivity contribution < 1.29 is 17.9 Å². The smallest absolute Gasteiger partial charge is 0.376 e. The number of fused-ring (bicyclic) bond motifs is 1. The van der Waals surface area contributed by atoms with E-state index in [2.05, 4.69) is 20.6 Å². The Bertz CT molecular complexity index is 606. The van der Waals surface area contributed by atoms with Gasteiger partial charge in [-0.25, -0.2) is 0 Å². The lowest BCUT2D eigenvalue weighted by Gasteiger charge is -2.11. The van der Waals surface area contributed by atoms with E-state index in [0.29, 0.717) is 16.9 Å². The maximum Gasteiger partial charge on any atom is 0.453 e. The summed E-state index contributed by atoms with van der Waals surface area (Å²) in [6.07, 6.45) is -2.56. The summed E-state index contributed by atoms with van der Waals surface area (Å²) in [5.74, 6) is -0.799. The maximum absolute atomic E-state index is 12.7. The molecule has 0 amide bonds. The van der Waals surface area contributed by atoms with E-state index in [4.69, 9.17) is 4.74 Å². The molecule has 0 radical (unpaired) electrons. The SMILES string of the molecule is FC(F)(F)c1nnc2ccc(NC[C@@H]3CCCO3)nn12. The summed E-state index contributed by atoms with van der Waals surface area (Å²) >= 11 is 0. The third kappa shape index (κ3) is 2.53. The molecule has 2 aromatic heterocycles. The van der Waals surface area contributed by atoms with Crippen LogP contribution in [0.5, 0.6) is 0 Å². The number of alkyl halides is 3. The van der Waals surface area contributed by atoms with E-state index in [9.17, 15) is 13.2 Å². The van der Waals surface area contributed by atoms with Crippen LogP contribution < -0.4 is 5.32 Å². The fraction of sp³-hybridized carbons (Fsp3) is 0.545. The third-order valence-corrected chi connectivity index (χ3v) is 3.05. The van der Waals surface area contributed by atoms with Gasteiger partial charge in [-0.05, 0) is 25.0 Å². The fourth-order valence-electron chi connectivity index (χ4n) is 2.08. The molecule has 3 rings (SSSR count). The topological polar surface area (TPSA) is 64.3 Å². The Morgan fingerprint density at radius 1 is 1.35 bits per heavy atom. The number of nitrogens with zero attached hydrogens (tertiary/aromatic N) is 4. The molecule has 2 aromatic rings. The van der Waals surface area contributed by atoms with Crippen LogP contribution in [0.4, 0.5) is 19.0 Å². The van der Waals surface area contributed by atoms with Gasteiger partial charge in [0.1, 0.15) is 5.82 Å². The number of anilines is 1. The summed E-state index contributed by atoms with van der Waals surface area (Å²) in [7, 11) is 0. The molecule has 20 heavy (non-hydrogen) atoms. The molecule has 0 bridgehead atoms. The van der Waals surface area contributed by atoms with Crippen LogP contribution in [0.3, 0.4) is 0 Å². The van der Waals surface area contributed by atoms with Crippen LogP contribution >= 0.6 is 0 Å². The third-order valence-electron chi connectivity index (χ3n) is 3.05. The lowest BCUT2D eigenvalue weighted by molar-refractivity contribution is -0.146. The molecule has 1 atom stereocenters. The number of nitrogens with one attached hydrogen (secondary N) is 1. The molecule has 108 valence electrons. The van der Waals surface area contributed by atoms with Gasteiger partial charge in [0, 0.05) is 13.2 Å². The molecule has 1 aliphatic heterocycles. The minimum atomic E-state index is -4.58. The summed E-state index contributed by atoms with van der Waals surface area (Å²) in [5.41, 5.74) is 0.0555. The van der Waals surface area contributed by atoms with Crippen LogP contribution in [0.2, 0.25) is 0 Å². The highest BCUT2D eigenvalue weighted by atomic mass is 19.4. The number of halogens is 3. The van der Waals surface area contributed by atoms with E-state index in [1.807, 2.05) is 0 Å². The summed E-state index contributed by atoms with van der Waals surface area (Å²) in [6, 6.07) is 3.01. The Morgan fingerprint density at radius 2 is 2.20 bits per heavy atom. The van der Waals surface area contributed by atoms with Crippen LogP contribution in [0.15, 0.2) is 12.1 Å². The Labute approximate surface area is 111 Å². The maximum atomic E-state index is 12.7. The van der Waals surface area contributed by atoms with Crippen molar-refractivity contribution in [3.63, 3.8) is 0 Å². The minimum Gasteiger partial charge on any atom is -0.376 e. The van der Waals surface area contributed by atoms with E-state index in [1.54, 1.807) is 6.07 Å². The largest absolute Gasteiger partial charge is 0.453 e. The fourth-order valence-corrected chi connectivity index (χ4v) is 2.08. The van der Waals surface area contributed by atoms with Gasteiger partial charge in [-0.2, -0.15) is 17.7 Å². The number of ether oxygens (including phenoxy) is 1. The van der Waals surface area contributed by atoms with E-state index < -0.39 is 12.0 Å². The minimum absolute atomic E-state index is 0.0555. The predicted molar refractivity (Wildman–Crippen MR) is 63.2 cm³/mol. The molecular weight excluding hydrogens is 275 g/mol. The van der Waals surface area contributed by atoms with Crippen molar-refractivity contribution in [2.45, 2.75) is 25.1 Å². The first-order valence-electron chi connectivity index (χ1n) is 6.19. The second kappa shape index (κ2) is 4.89. The molecule has 0 unspecified atom stereocenters. The van der Waals surface area contributed by atoms with Crippen molar-refractivity contribution >= 4 is 11.5 Å². The van der Waals surface area contributed by atoms with Gasteiger partial charge >= 0.3 is 6.18 Å². The first-order valence-corrected chi connectivity index (χ1v) is 6.19. The lowest BCUT2D eigenvalue weighted by atomic mass is 10.2. The van der Waals surface area contributed by atoms with Crippen molar-refractivity contribution in [2.75, 3.05) is 18.5 Å². The highest BCUT2D eigenvalue weighted by molar-refractivity contribution is 5.44. The Balaban J connectivity index is 1.81. The van der Waals surface area contributed by atoms with Gasteiger partial charge in [0.2, 0.25) is 0 Å². The lowest BCUT2D eigenvalue weighted by Crippen LogP contribution is -2.20. The summed E-state index contributed by atoms with van der Waals surface area (Å²) in [5, 5.41) is 13.4. The van der Waals surface area contributed by atoms with Crippen LogP contribution in [0, 0.1) is 0 Å². The van der Waals surface area contributed by atoms with Gasteiger partial charge in [-0.1, -0.05) is 0 Å². The molecule has 1 fully saturated rings. The second-order valence-corrected chi connectivity index (χ2v) is 4.53. The highest BCUT2D eigenvalue weighted by Crippen LogP contribution is 2.27. The molecule has 0 spiro atoms. The Kier molecular flexibility index (Phi) is 3.20. The molecule has 1 N–H and O–H groups in total. The molecule has 0 saturated carbocycles. The van der Waals surface area contributed by atoms with Crippen LogP contribution in [-0.4, -0.2) is 39.1 Å². The van der Waals surface area contributed by atoms with Gasteiger partial charge in [-0.3, -0.25) is 0 Å². The standard InChI is InChI=1S/C11H12F3N5O/c12-11(13,14)10-17-16-9-4-3-8(18-19(9)10)15-6-7-2-1-5-20-7/h3-4,7H,1-2,5-6H2,(H,15,18)/t7-/m0/s1. The van der Waals surface area contributed by atoms with Gasteiger partial charge in [0.15, 0.2) is 5.65 Å². The quantitative estimate of drug-likeness (QED) is 0.931. The molecule has 6 nitrogen and oxygen atoms in total. The zero-order chi connectivity index (χ0) is 14.2. The van der Waals surface area contributed by atoms with E-state index in [0.717, 1.165) is 19.4 Å². The van der Waals surface area contributed by atoms with Crippen molar-refractivity contribution in [1.29, 1.82) is 0 Å². The molecule has 0 aliphatic carbocycles. The first-order chi connectivity index (χ1) is 9.54. The molecule has 3 heterocycles. The zero-order valence-corrected chi connectivity index (χ0v) is 10.4.